The van der Waals surface area contributed by atoms with E-state index in [-0.39, 0.29) is 5.41 Å². The quantitative estimate of drug-likeness (QED) is 0.751. The average Bonchev–Trinajstić information content (AvgIpc) is 2.34. The van der Waals surface area contributed by atoms with E-state index in [9.17, 15) is 5.26 Å². The summed E-state index contributed by atoms with van der Waals surface area (Å²) in [5.41, 5.74) is 1.38. The summed E-state index contributed by atoms with van der Waals surface area (Å²) < 4.78 is 6.99. The topological polar surface area (TPSA) is 45.9 Å². The van der Waals surface area contributed by atoms with Crippen molar-refractivity contribution in [2.75, 3.05) is 6.61 Å². The SMILES string of the molecule is CC(C)(C)COc1c(C#N)cnc2ccc(I)cc12. The number of nitriles is 1. The number of hydrogen-bond donors (Lipinski definition) is 0. The third kappa shape index (κ3) is 3.35. The van der Waals surface area contributed by atoms with Gasteiger partial charge in [0.1, 0.15) is 17.4 Å². The molecule has 98 valence electrons. The molecular weight excluding hydrogens is 351 g/mol. The Morgan fingerprint density at radius 2 is 2.11 bits per heavy atom. The monoisotopic (exact) mass is 366 g/mol. The van der Waals surface area contributed by atoms with Crippen LogP contribution in [0.3, 0.4) is 0 Å². The summed E-state index contributed by atoms with van der Waals surface area (Å²) in [7, 11) is 0. The van der Waals surface area contributed by atoms with Gasteiger partial charge in [-0.25, -0.2) is 0 Å². The Bertz CT molecular complexity index is 653. The molecule has 0 N–H and O–H groups in total. The summed E-state index contributed by atoms with van der Waals surface area (Å²) in [6.45, 7) is 6.87. The van der Waals surface area contributed by atoms with E-state index in [1.165, 1.54) is 0 Å². The second-order valence-corrected chi connectivity index (χ2v) is 6.87. The van der Waals surface area contributed by atoms with Crippen molar-refractivity contribution in [2.24, 2.45) is 5.41 Å². The van der Waals surface area contributed by atoms with Crippen molar-refractivity contribution in [2.45, 2.75) is 20.8 Å². The fraction of sp³-hybridized carbons (Fsp3) is 0.333. The fourth-order valence-electron chi connectivity index (χ4n) is 1.66. The minimum absolute atomic E-state index is 0.0459. The predicted octanol–water partition coefficient (Wildman–Crippen LogP) is 4.14. The second kappa shape index (κ2) is 5.33. The van der Waals surface area contributed by atoms with Gasteiger partial charge in [0.2, 0.25) is 0 Å². The zero-order chi connectivity index (χ0) is 14.0. The Morgan fingerprint density at radius 1 is 1.37 bits per heavy atom. The Hall–Kier alpha value is -1.35. The van der Waals surface area contributed by atoms with Gasteiger partial charge in [0.05, 0.1) is 12.1 Å². The highest BCUT2D eigenvalue weighted by molar-refractivity contribution is 14.1. The fourth-order valence-corrected chi connectivity index (χ4v) is 2.16. The molecule has 0 aliphatic heterocycles. The van der Waals surface area contributed by atoms with Crippen molar-refractivity contribution < 1.29 is 4.74 Å². The highest BCUT2D eigenvalue weighted by Crippen LogP contribution is 2.30. The van der Waals surface area contributed by atoms with Crippen LogP contribution in [0.2, 0.25) is 0 Å². The molecule has 4 heteroatoms. The third-order valence-electron chi connectivity index (χ3n) is 2.55. The molecule has 0 atom stereocenters. The van der Waals surface area contributed by atoms with Crippen molar-refractivity contribution in [1.82, 2.24) is 4.98 Å². The number of hydrogen-bond acceptors (Lipinski definition) is 3. The normalized spacial score (nSPS) is 11.3. The van der Waals surface area contributed by atoms with Gasteiger partial charge in [-0.15, -0.1) is 0 Å². The molecule has 0 unspecified atom stereocenters. The first-order valence-electron chi connectivity index (χ1n) is 6.02. The first kappa shape index (κ1) is 14.1. The second-order valence-electron chi connectivity index (χ2n) is 5.62. The Labute approximate surface area is 126 Å². The van der Waals surface area contributed by atoms with Crippen LogP contribution < -0.4 is 4.74 Å². The standard InChI is InChI=1S/C15H15IN2O/c1-15(2,3)9-19-14-10(7-17)8-18-13-5-4-11(16)6-12(13)14/h4-6,8H,9H2,1-3H3. The van der Waals surface area contributed by atoms with Crippen molar-refractivity contribution in [1.29, 1.82) is 5.26 Å². The molecule has 0 saturated heterocycles. The molecule has 0 bridgehead atoms. The molecule has 3 nitrogen and oxygen atoms in total. The van der Waals surface area contributed by atoms with Crippen LogP contribution in [0.25, 0.3) is 10.9 Å². The highest BCUT2D eigenvalue weighted by atomic mass is 127. The number of benzene rings is 1. The molecule has 2 rings (SSSR count). The number of fused-ring (bicyclic) bond motifs is 1. The lowest BCUT2D eigenvalue weighted by molar-refractivity contribution is 0.199. The lowest BCUT2D eigenvalue weighted by atomic mass is 9.98. The van der Waals surface area contributed by atoms with Crippen LogP contribution in [0.1, 0.15) is 26.3 Å². The number of halogens is 1. The molecule has 0 amide bonds. The van der Waals surface area contributed by atoms with E-state index in [0.29, 0.717) is 17.9 Å². The molecule has 0 fully saturated rings. The van der Waals surface area contributed by atoms with Gasteiger partial charge in [-0.2, -0.15) is 5.26 Å². The maximum absolute atomic E-state index is 9.20. The molecule has 0 aliphatic rings. The lowest BCUT2D eigenvalue weighted by Gasteiger charge is -2.20. The number of nitrogens with zero attached hydrogens (tertiary/aromatic N) is 2. The van der Waals surface area contributed by atoms with E-state index >= 15 is 0 Å². The van der Waals surface area contributed by atoms with Crippen molar-refractivity contribution in [3.8, 4) is 11.8 Å². The van der Waals surface area contributed by atoms with E-state index in [0.717, 1.165) is 14.5 Å². The van der Waals surface area contributed by atoms with E-state index in [4.69, 9.17) is 4.74 Å². The van der Waals surface area contributed by atoms with E-state index in [2.05, 4.69) is 54.4 Å². The molecule has 19 heavy (non-hydrogen) atoms. The molecule has 0 radical (unpaired) electrons. The number of ether oxygens (including phenoxy) is 1. The summed E-state index contributed by atoms with van der Waals surface area (Å²) in [5.74, 6) is 0.640. The van der Waals surface area contributed by atoms with Crippen LogP contribution in [0, 0.1) is 20.3 Å². The first-order valence-corrected chi connectivity index (χ1v) is 7.10. The maximum Gasteiger partial charge on any atom is 0.148 e. The van der Waals surface area contributed by atoms with Gasteiger partial charge >= 0.3 is 0 Å². The molecule has 2 aromatic rings. The largest absolute Gasteiger partial charge is 0.491 e. The molecular formula is C15H15IN2O. The highest BCUT2D eigenvalue weighted by Gasteiger charge is 2.15. The first-order chi connectivity index (χ1) is 8.90. The molecule has 1 aromatic heterocycles. The van der Waals surface area contributed by atoms with Crippen LogP contribution in [0.5, 0.6) is 5.75 Å². The minimum Gasteiger partial charge on any atom is -0.491 e. The lowest BCUT2D eigenvalue weighted by Crippen LogP contribution is -2.17. The van der Waals surface area contributed by atoms with Gasteiger partial charge < -0.3 is 4.74 Å². The van der Waals surface area contributed by atoms with Gasteiger partial charge in [0.15, 0.2) is 0 Å². The molecule has 0 spiro atoms. The Kier molecular flexibility index (Phi) is 3.95. The number of rotatable bonds is 2. The van der Waals surface area contributed by atoms with Crippen LogP contribution in [-0.4, -0.2) is 11.6 Å². The smallest absolute Gasteiger partial charge is 0.148 e. The van der Waals surface area contributed by atoms with Gasteiger partial charge in [-0.1, -0.05) is 20.8 Å². The van der Waals surface area contributed by atoms with Crippen LogP contribution in [0.15, 0.2) is 24.4 Å². The van der Waals surface area contributed by atoms with Gasteiger partial charge in [-0.05, 0) is 46.2 Å². The number of aromatic nitrogens is 1. The van der Waals surface area contributed by atoms with Crippen molar-refractivity contribution in [3.63, 3.8) is 0 Å². The van der Waals surface area contributed by atoms with E-state index < -0.39 is 0 Å². The molecule has 0 saturated carbocycles. The Morgan fingerprint density at radius 3 is 2.74 bits per heavy atom. The maximum atomic E-state index is 9.20. The van der Waals surface area contributed by atoms with E-state index in [1.807, 2.05) is 18.2 Å². The zero-order valence-corrected chi connectivity index (χ0v) is 13.4. The minimum atomic E-state index is 0.0459. The average molecular weight is 366 g/mol. The Balaban J connectivity index is 2.54. The van der Waals surface area contributed by atoms with Gasteiger partial charge in [-0.3, -0.25) is 4.98 Å². The molecule has 1 heterocycles. The van der Waals surface area contributed by atoms with Crippen molar-refractivity contribution >= 4 is 33.5 Å². The summed E-state index contributed by atoms with van der Waals surface area (Å²) in [5, 5.41) is 10.1. The predicted molar refractivity (Wildman–Crippen MR) is 84.1 cm³/mol. The van der Waals surface area contributed by atoms with Crippen molar-refractivity contribution in [3.05, 3.63) is 33.5 Å². The molecule has 1 aromatic carbocycles. The number of pyridine rings is 1. The van der Waals surface area contributed by atoms with E-state index in [1.54, 1.807) is 6.20 Å². The zero-order valence-electron chi connectivity index (χ0n) is 11.2. The summed E-state index contributed by atoms with van der Waals surface area (Å²) >= 11 is 2.25. The third-order valence-corrected chi connectivity index (χ3v) is 3.22. The summed E-state index contributed by atoms with van der Waals surface area (Å²) in [4.78, 5) is 4.29. The summed E-state index contributed by atoms with van der Waals surface area (Å²) in [6, 6.07) is 8.10. The van der Waals surface area contributed by atoms with Crippen LogP contribution in [0.4, 0.5) is 0 Å². The van der Waals surface area contributed by atoms with Gasteiger partial charge in [0.25, 0.3) is 0 Å². The summed E-state index contributed by atoms with van der Waals surface area (Å²) in [6.07, 6.45) is 1.58. The van der Waals surface area contributed by atoms with Crippen LogP contribution >= 0.6 is 22.6 Å². The van der Waals surface area contributed by atoms with Gasteiger partial charge in [0, 0.05) is 15.2 Å². The molecule has 0 aliphatic carbocycles. The van der Waals surface area contributed by atoms with Crippen LogP contribution in [-0.2, 0) is 0 Å².